The number of para-hydroxylation sites is 1. The van der Waals surface area contributed by atoms with Gasteiger partial charge in [0.1, 0.15) is 0 Å². The van der Waals surface area contributed by atoms with Crippen molar-refractivity contribution in [3.05, 3.63) is 107 Å². The molecule has 4 N–H and O–H groups in total. The van der Waals surface area contributed by atoms with Crippen molar-refractivity contribution in [3.63, 3.8) is 0 Å². The molecule has 2 heterocycles. The first-order chi connectivity index (χ1) is 20.7. The third kappa shape index (κ3) is 6.56. The lowest BCUT2D eigenvalue weighted by Gasteiger charge is -2.23. The Labute approximate surface area is 260 Å². The number of carbonyl (C=O) groups is 1. The zero-order valence-electron chi connectivity index (χ0n) is 26.4. The Morgan fingerprint density at radius 2 is 1.77 bits per heavy atom. The van der Waals surface area contributed by atoms with Crippen molar-refractivity contribution < 1.29 is 13.6 Å². The van der Waals surface area contributed by atoms with E-state index in [-0.39, 0.29) is 11.3 Å². The van der Waals surface area contributed by atoms with E-state index < -0.39 is 10.4 Å². The number of hydrogen-bond donors (Lipinski definition) is 4. The van der Waals surface area contributed by atoms with Crippen LogP contribution in [0, 0.1) is 13.8 Å². The molecule has 1 atom stereocenters. The summed E-state index contributed by atoms with van der Waals surface area (Å²) in [5.41, 5.74) is 9.08. The quantitative estimate of drug-likeness (QED) is 0.161. The SMILES string of the molecule is CCc1c(C2=CN(c3cc(C(=O)Nc4cc(C(C)(C)C)cc(N[S+](C)(=O)O)c4C)ccc3C)CN2)cnn1-c1ccccc1. The third-order valence-corrected chi connectivity index (χ3v) is 8.42. The number of aryl methyl sites for hydroxylation is 1. The highest BCUT2D eigenvalue weighted by molar-refractivity contribution is 7.98. The van der Waals surface area contributed by atoms with Crippen LogP contribution in [0.5, 0.6) is 0 Å². The highest BCUT2D eigenvalue weighted by Crippen LogP contribution is 2.34. The Morgan fingerprint density at radius 1 is 1.07 bits per heavy atom. The van der Waals surface area contributed by atoms with E-state index >= 15 is 0 Å². The summed E-state index contributed by atoms with van der Waals surface area (Å²) in [5, 5.41) is 11.2. The first kappa shape index (κ1) is 31.0. The maximum absolute atomic E-state index is 13.6. The van der Waals surface area contributed by atoms with Crippen LogP contribution in [0.25, 0.3) is 11.4 Å². The lowest BCUT2D eigenvalue weighted by Crippen LogP contribution is -2.22. The van der Waals surface area contributed by atoms with Crippen molar-refractivity contribution in [3.8, 4) is 5.69 Å². The molecule has 0 saturated heterocycles. The normalized spacial score (nSPS) is 14.5. The lowest BCUT2D eigenvalue weighted by atomic mass is 9.85. The summed E-state index contributed by atoms with van der Waals surface area (Å²) < 4.78 is 26.8. The molecule has 10 heteroatoms. The van der Waals surface area contributed by atoms with Crippen molar-refractivity contribution in [2.75, 3.05) is 27.9 Å². The van der Waals surface area contributed by atoms with Gasteiger partial charge in [0.05, 0.1) is 35.6 Å². The van der Waals surface area contributed by atoms with Crippen molar-refractivity contribution in [2.24, 2.45) is 0 Å². The minimum Gasteiger partial charge on any atom is -0.366 e. The van der Waals surface area contributed by atoms with E-state index in [1.807, 2.05) is 85.4 Å². The van der Waals surface area contributed by atoms with E-state index in [9.17, 15) is 13.6 Å². The van der Waals surface area contributed by atoms with Crippen LogP contribution >= 0.6 is 0 Å². The number of rotatable bonds is 8. The molecule has 1 aliphatic rings. The largest absolute Gasteiger partial charge is 0.366 e. The van der Waals surface area contributed by atoms with Crippen LogP contribution in [0.2, 0.25) is 0 Å². The molecule has 0 radical (unpaired) electrons. The van der Waals surface area contributed by atoms with Crippen LogP contribution in [0.3, 0.4) is 0 Å². The molecule has 9 nitrogen and oxygen atoms in total. The number of anilines is 3. The second-order valence-corrected chi connectivity index (χ2v) is 14.1. The molecule has 1 amide bonds. The Morgan fingerprint density at radius 3 is 2.43 bits per heavy atom. The minimum absolute atomic E-state index is 0.243. The number of benzene rings is 3. The zero-order valence-corrected chi connectivity index (χ0v) is 27.2. The molecule has 3 aromatic carbocycles. The summed E-state index contributed by atoms with van der Waals surface area (Å²) in [6, 6.07) is 19.6. The average molecular weight is 614 g/mol. The van der Waals surface area contributed by atoms with Gasteiger partial charge in [-0.2, -0.15) is 14.4 Å². The molecule has 44 heavy (non-hydrogen) atoms. The summed E-state index contributed by atoms with van der Waals surface area (Å²) in [5.74, 6) is -0.263. The molecule has 0 aliphatic carbocycles. The Balaban J connectivity index is 1.43. The fraction of sp³-hybridized carbons (Fsp3) is 0.294. The summed E-state index contributed by atoms with van der Waals surface area (Å²) in [4.78, 5) is 15.7. The molecule has 5 rings (SSSR count). The van der Waals surface area contributed by atoms with Crippen LogP contribution in [0.4, 0.5) is 17.1 Å². The van der Waals surface area contributed by atoms with Gasteiger partial charge in [-0.15, -0.1) is 0 Å². The predicted octanol–water partition coefficient (Wildman–Crippen LogP) is 6.90. The van der Waals surface area contributed by atoms with Crippen molar-refractivity contribution in [2.45, 2.75) is 53.4 Å². The topological polar surface area (TPSA) is 112 Å². The summed E-state index contributed by atoms with van der Waals surface area (Å²) in [6.07, 6.45) is 6.02. The fourth-order valence-electron chi connectivity index (χ4n) is 5.31. The van der Waals surface area contributed by atoms with Gasteiger partial charge in [-0.25, -0.2) is 4.68 Å². The average Bonchev–Trinajstić information content (AvgIpc) is 3.62. The number of aromatic nitrogens is 2. The molecule has 1 unspecified atom stereocenters. The third-order valence-electron chi connectivity index (χ3n) is 7.82. The minimum atomic E-state index is -3.26. The zero-order chi connectivity index (χ0) is 31.8. The highest BCUT2D eigenvalue weighted by atomic mass is 32.3. The van der Waals surface area contributed by atoms with Crippen molar-refractivity contribution in [1.82, 2.24) is 15.1 Å². The first-order valence-electron chi connectivity index (χ1n) is 14.7. The molecule has 1 aromatic heterocycles. The first-order valence-corrected chi connectivity index (χ1v) is 16.6. The van der Waals surface area contributed by atoms with Crippen LogP contribution < -0.4 is 20.3 Å². The second-order valence-electron chi connectivity index (χ2n) is 12.3. The molecule has 230 valence electrons. The van der Waals surface area contributed by atoms with Crippen LogP contribution in [0.1, 0.15) is 66.0 Å². The maximum atomic E-state index is 13.6. The van der Waals surface area contributed by atoms with Gasteiger partial charge in [0.2, 0.25) is 0 Å². The molecule has 0 saturated carbocycles. The van der Waals surface area contributed by atoms with E-state index in [0.717, 1.165) is 45.9 Å². The molecule has 4 aromatic rings. The van der Waals surface area contributed by atoms with Crippen molar-refractivity contribution >= 4 is 39.1 Å². The van der Waals surface area contributed by atoms with Gasteiger partial charge in [-0.05, 0) is 77.4 Å². The van der Waals surface area contributed by atoms with Gasteiger partial charge < -0.3 is 15.5 Å². The van der Waals surface area contributed by atoms with E-state index in [2.05, 4.69) is 59.2 Å². The number of nitrogens with one attached hydrogen (secondary N) is 3. The fourth-order valence-corrected chi connectivity index (χ4v) is 5.93. The number of hydrogen-bond acceptors (Lipinski definition) is 5. The predicted molar refractivity (Wildman–Crippen MR) is 181 cm³/mol. The van der Waals surface area contributed by atoms with Gasteiger partial charge in [0.25, 0.3) is 5.91 Å². The maximum Gasteiger partial charge on any atom is 0.307 e. The van der Waals surface area contributed by atoms with E-state index in [4.69, 9.17) is 0 Å². The Kier molecular flexibility index (Phi) is 8.42. The van der Waals surface area contributed by atoms with Gasteiger partial charge in [0.15, 0.2) is 6.26 Å². The standard InChI is InChI=1S/C34H40N6O3S/c1-8-31-27(19-36-40(31)26-12-10-9-11-13-26)30-20-39(21-35-30)32-16-24(15-14-22(32)2)33(41)37-28-17-25(34(4,5)6)18-29(23(28)3)38-44(7,42)43/h9-20,35H,8,21H2,1-7H3,(H2-,37,38,41,42,43)/p+1. The Bertz CT molecular complexity index is 1780. The summed E-state index contributed by atoms with van der Waals surface area (Å²) in [6.45, 7) is 12.7. The van der Waals surface area contributed by atoms with E-state index in [1.54, 1.807) is 0 Å². The number of carbonyl (C=O) groups excluding carboxylic acids is 1. The second kappa shape index (κ2) is 11.9. The van der Waals surface area contributed by atoms with Crippen molar-refractivity contribution in [1.29, 1.82) is 0 Å². The molecule has 0 spiro atoms. The Hall–Kier alpha value is -4.41. The monoisotopic (exact) mass is 613 g/mol. The van der Waals surface area contributed by atoms with Gasteiger partial charge in [-0.1, -0.05) is 52.0 Å². The van der Waals surface area contributed by atoms with E-state index in [0.29, 0.717) is 29.2 Å². The van der Waals surface area contributed by atoms with Gasteiger partial charge in [0, 0.05) is 34.3 Å². The lowest BCUT2D eigenvalue weighted by molar-refractivity contribution is 0.102. The molecular weight excluding hydrogens is 572 g/mol. The van der Waals surface area contributed by atoms with Crippen LogP contribution in [-0.2, 0) is 26.4 Å². The summed E-state index contributed by atoms with van der Waals surface area (Å²) in [7, 11) is -3.26. The van der Waals surface area contributed by atoms with Gasteiger partial charge in [-0.3, -0.25) is 4.79 Å². The highest BCUT2D eigenvalue weighted by Gasteiger charge is 2.25. The van der Waals surface area contributed by atoms with Crippen LogP contribution in [0.15, 0.2) is 73.1 Å². The smallest absolute Gasteiger partial charge is 0.307 e. The summed E-state index contributed by atoms with van der Waals surface area (Å²) >= 11 is 0. The molecule has 0 bridgehead atoms. The number of nitrogens with zero attached hydrogens (tertiary/aromatic N) is 3. The molecule has 1 aliphatic heterocycles. The van der Waals surface area contributed by atoms with E-state index in [1.165, 1.54) is 6.26 Å². The number of amides is 1. The van der Waals surface area contributed by atoms with Crippen LogP contribution in [-0.4, -0.2) is 33.2 Å². The molecule has 0 fully saturated rings. The molecular formula is C34H41N6O3S+. The van der Waals surface area contributed by atoms with Gasteiger partial charge >= 0.3 is 10.4 Å².